The van der Waals surface area contributed by atoms with Crippen LogP contribution in [0, 0.1) is 0 Å². The van der Waals surface area contributed by atoms with Crippen molar-refractivity contribution >= 4 is 17.5 Å². The van der Waals surface area contributed by atoms with Gasteiger partial charge in [0, 0.05) is 36.6 Å². The molecule has 2 heterocycles. The molecular formula is C18H24N4O3. The van der Waals surface area contributed by atoms with Gasteiger partial charge in [0.05, 0.1) is 27.4 Å². The number of rotatable bonds is 6. The van der Waals surface area contributed by atoms with Crippen molar-refractivity contribution in [3.63, 3.8) is 0 Å². The van der Waals surface area contributed by atoms with Crippen LogP contribution in [0.3, 0.4) is 0 Å². The number of aryl methyl sites for hydroxylation is 1. The van der Waals surface area contributed by atoms with Crippen molar-refractivity contribution < 1.29 is 14.2 Å². The van der Waals surface area contributed by atoms with Gasteiger partial charge in [0.25, 0.3) is 0 Å². The van der Waals surface area contributed by atoms with E-state index >= 15 is 0 Å². The first-order valence-electron chi connectivity index (χ1n) is 8.43. The van der Waals surface area contributed by atoms with E-state index in [9.17, 15) is 0 Å². The fourth-order valence-corrected chi connectivity index (χ4v) is 2.70. The first-order chi connectivity index (χ1) is 12.2. The van der Waals surface area contributed by atoms with Gasteiger partial charge in [-0.1, -0.05) is 6.92 Å². The van der Waals surface area contributed by atoms with Crippen molar-refractivity contribution in [1.29, 1.82) is 0 Å². The van der Waals surface area contributed by atoms with Gasteiger partial charge in [-0.15, -0.1) is 0 Å². The molecule has 1 aliphatic heterocycles. The molecule has 0 aliphatic carbocycles. The van der Waals surface area contributed by atoms with E-state index < -0.39 is 0 Å². The number of aromatic nitrogens is 2. The van der Waals surface area contributed by atoms with Crippen LogP contribution in [-0.4, -0.2) is 50.5 Å². The molecule has 3 rings (SSSR count). The molecule has 1 fully saturated rings. The maximum atomic E-state index is 5.41. The van der Waals surface area contributed by atoms with E-state index in [-0.39, 0.29) is 0 Å². The highest BCUT2D eigenvalue weighted by Crippen LogP contribution is 2.31. The lowest BCUT2D eigenvalue weighted by atomic mass is 10.2. The van der Waals surface area contributed by atoms with Crippen LogP contribution >= 0.6 is 0 Å². The van der Waals surface area contributed by atoms with Crippen molar-refractivity contribution in [1.82, 2.24) is 9.97 Å². The summed E-state index contributed by atoms with van der Waals surface area (Å²) in [5.74, 6) is 2.87. The highest BCUT2D eigenvalue weighted by atomic mass is 16.5. The molecule has 25 heavy (non-hydrogen) atoms. The Morgan fingerprint density at radius 3 is 2.52 bits per heavy atom. The largest absolute Gasteiger partial charge is 0.493 e. The maximum Gasteiger partial charge on any atom is 0.227 e. The highest BCUT2D eigenvalue weighted by molar-refractivity contribution is 5.62. The fraction of sp³-hybridized carbons (Fsp3) is 0.444. The Morgan fingerprint density at radius 2 is 1.84 bits per heavy atom. The lowest BCUT2D eigenvalue weighted by Crippen LogP contribution is -2.37. The third-order valence-corrected chi connectivity index (χ3v) is 4.08. The quantitative estimate of drug-likeness (QED) is 0.864. The van der Waals surface area contributed by atoms with Crippen molar-refractivity contribution in [3.05, 3.63) is 30.0 Å². The number of benzene rings is 1. The van der Waals surface area contributed by atoms with Gasteiger partial charge in [0.1, 0.15) is 5.82 Å². The van der Waals surface area contributed by atoms with Crippen LogP contribution < -0.4 is 19.7 Å². The smallest absolute Gasteiger partial charge is 0.227 e. The lowest BCUT2D eigenvalue weighted by Gasteiger charge is -2.27. The molecule has 7 heteroatoms. The minimum Gasteiger partial charge on any atom is -0.493 e. The topological polar surface area (TPSA) is 68.7 Å². The van der Waals surface area contributed by atoms with Gasteiger partial charge >= 0.3 is 0 Å². The zero-order valence-electron chi connectivity index (χ0n) is 14.9. The number of anilines is 3. The van der Waals surface area contributed by atoms with Gasteiger partial charge in [-0.05, 0) is 18.6 Å². The Morgan fingerprint density at radius 1 is 1.08 bits per heavy atom. The second-order valence-corrected chi connectivity index (χ2v) is 5.69. The number of hydrogen-bond acceptors (Lipinski definition) is 7. The van der Waals surface area contributed by atoms with E-state index in [0.29, 0.717) is 24.7 Å². The fourth-order valence-electron chi connectivity index (χ4n) is 2.70. The van der Waals surface area contributed by atoms with E-state index in [1.807, 2.05) is 24.3 Å². The minimum absolute atomic E-state index is 0.672. The Balaban J connectivity index is 1.86. The Bertz CT molecular complexity index is 717. The minimum atomic E-state index is 0.672. The van der Waals surface area contributed by atoms with Gasteiger partial charge < -0.3 is 24.4 Å². The van der Waals surface area contributed by atoms with Crippen LogP contribution in [-0.2, 0) is 11.2 Å². The molecule has 0 spiro atoms. The summed E-state index contributed by atoms with van der Waals surface area (Å²) in [5.41, 5.74) is 1.88. The summed E-state index contributed by atoms with van der Waals surface area (Å²) in [7, 11) is 3.25. The second-order valence-electron chi connectivity index (χ2n) is 5.69. The van der Waals surface area contributed by atoms with Crippen molar-refractivity contribution in [2.45, 2.75) is 13.3 Å². The van der Waals surface area contributed by atoms with Crippen molar-refractivity contribution in [2.75, 3.05) is 50.7 Å². The zero-order chi connectivity index (χ0) is 17.6. The predicted octanol–water partition coefficient (Wildman–Crippen LogP) is 2.64. The summed E-state index contributed by atoms with van der Waals surface area (Å²) in [6.45, 7) is 5.12. The lowest BCUT2D eigenvalue weighted by molar-refractivity contribution is 0.122. The Kier molecular flexibility index (Phi) is 5.55. The van der Waals surface area contributed by atoms with Gasteiger partial charge in [-0.25, -0.2) is 4.98 Å². The number of nitrogens with zero attached hydrogens (tertiary/aromatic N) is 3. The van der Waals surface area contributed by atoms with Crippen LogP contribution in [0.25, 0.3) is 0 Å². The molecule has 1 aromatic carbocycles. The van der Waals surface area contributed by atoms with Crippen molar-refractivity contribution in [2.24, 2.45) is 0 Å². The summed E-state index contributed by atoms with van der Waals surface area (Å²) in [5, 5.41) is 3.34. The molecule has 1 saturated heterocycles. The molecule has 0 unspecified atom stereocenters. The van der Waals surface area contributed by atoms with Crippen LogP contribution in [0.2, 0.25) is 0 Å². The first kappa shape index (κ1) is 17.3. The third-order valence-electron chi connectivity index (χ3n) is 4.08. The molecule has 134 valence electrons. The van der Waals surface area contributed by atoms with Crippen LogP contribution in [0.5, 0.6) is 11.5 Å². The zero-order valence-corrected chi connectivity index (χ0v) is 14.9. The monoisotopic (exact) mass is 344 g/mol. The summed E-state index contributed by atoms with van der Waals surface area (Å²) in [4.78, 5) is 11.5. The van der Waals surface area contributed by atoms with E-state index in [1.165, 1.54) is 0 Å². The molecule has 7 nitrogen and oxygen atoms in total. The SMILES string of the molecule is CCc1cc(Nc2ccc(OC)c(OC)c2)nc(N2CCOCC2)n1. The van der Waals surface area contributed by atoms with Crippen LogP contribution in [0.1, 0.15) is 12.6 Å². The molecule has 1 aromatic heterocycles. The number of ether oxygens (including phenoxy) is 3. The molecule has 0 bridgehead atoms. The average molecular weight is 344 g/mol. The molecule has 0 atom stereocenters. The molecule has 2 aromatic rings. The van der Waals surface area contributed by atoms with E-state index in [4.69, 9.17) is 14.2 Å². The Hall–Kier alpha value is -2.54. The Labute approximate surface area is 147 Å². The maximum absolute atomic E-state index is 5.41. The molecule has 1 N–H and O–H groups in total. The van der Waals surface area contributed by atoms with E-state index in [1.54, 1.807) is 14.2 Å². The average Bonchev–Trinajstić information content (AvgIpc) is 2.68. The molecule has 0 saturated carbocycles. The third kappa shape index (κ3) is 4.11. The molecule has 0 amide bonds. The van der Waals surface area contributed by atoms with Crippen LogP contribution in [0.4, 0.5) is 17.5 Å². The molecule has 1 aliphatic rings. The number of hydrogen-bond donors (Lipinski definition) is 1. The van der Waals surface area contributed by atoms with Gasteiger partial charge in [-0.3, -0.25) is 0 Å². The van der Waals surface area contributed by atoms with Crippen LogP contribution in [0.15, 0.2) is 24.3 Å². The summed E-state index contributed by atoms with van der Waals surface area (Å²) in [6.07, 6.45) is 0.848. The standard InChI is InChI=1S/C18H24N4O3/c1-4-13-12-17(21-18(20-13)22-7-9-25-10-8-22)19-14-5-6-15(23-2)16(11-14)24-3/h5-6,11-12H,4,7-10H2,1-3H3,(H,19,20,21). The molecule has 0 radical (unpaired) electrons. The summed E-state index contributed by atoms with van der Waals surface area (Å²) in [6, 6.07) is 7.66. The number of nitrogens with one attached hydrogen (secondary N) is 1. The summed E-state index contributed by atoms with van der Waals surface area (Å²) < 4.78 is 16.1. The number of methoxy groups -OCH3 is 2. The second kappa shape index (κ2) is 8.02. The normalized spacial score (nSPS) is 14.3. The number of morpholine rings is 1. The molecular weight excluding hydrogens is 320 g/mol. The summed E-state index contributed by atoms with van der Waals surface area (Å²) >= 11 is 0. The predicted molar refractivity (Wildman–Crippen MR) is 97.3 cm³/mol. The van der Waals surface area contributed by atoms with E-state index in [2.05, 4.69) is 27.1 Å². The van der Waals surface area contributed by atoms with Gasteiger partial charge in [0.15, 0.2) is 11.5 Å². The van der Waals surface area contributed by atoms with Gasteiger partial charge in [-0.2, -0.15) is 4.98 Å². The van der Waals surface area contributed by atoms with Crippen molar-refractivity contribution in [3.8, 4) is 11.5 Å². The highest BCUT2D eigenvalue weighted by Gasteiger charge is 2.16. The first-order valence-corrected chi connectivity index (χ1v) is 8.43. The van der Waals surface area contributed by atoms with E-state index in [0.717, 1.165) is 42.7 Å². The van der Waals surface area contributed by atoms with Gasteiger partial charge in [0.2, 0.25) is 5.95 Å².